The Kier molecular flexibility index (Phi) is 5.03. The highest BCUT2D eigenvalue weighted by Gasteiger charge is 2.17. The van der Waals surface area contributed by atoms with Crippen LogP contribution >= 0.6 is 22.9 Å². The monoisotopic (exact) mass is 357 g/mol. The van der Waals surface area contributed by atoms with Gasteiger partial charge in [0.15, 0.2) is 0 Å². The number of benzene rings is 1. The summed E-state index contributed by atoms with van der Waals surface area (Å²) in [5.74, 6) is 0. The molecule has 0 fully saturated rings. The molecule has 0 unspecified atom stereocenters. The summed E-state index contributed by atoms with van der Waals surface area (Å²) < 4.78 is 2.29. The molecule has 0 amide bonds. The quantitative estimate of drug-likeness (QED) is 0.482. The fourth-order valence-electron chi connectivity index (χ4n) is 2.26. The molecule has 2 rings (SSSR count). The summed E-state index contributed by atoms with van der Waals surface area (Å²) in [5, 5.41) is 6.53. The lowest BCUT2D eigenvalue weighted by molar-refractivity contribution is 0.462. The van der Waals surface area contributed by atoms with E-state index in [0.717, 1.165) is 19.3 Å². The van der Waals surface area contributed by atoms with Gasteiger partial charge in [-0.15, -0.1) is 0 Å². The van der Waals surface area contributed by atoms with E-state index >= 15 is 0 Å². The van der Waals surface area contributed by atoms with E-state index in [1.807, 2.05) is 14.1 Å². The van der Waals surface area contributed by atoms with E-state index in [4.69, 9.17) is 0 Å². The summed E-state index contributed by atoms with van der Waals surface area (Å²) in [6.45, 7) is 0. The van der Waals surface area contributed by atoms with Crippen LogP contribution in [0.4, 0.5) is 5.69 Å². The van der Waals surface area contributed by atoms with Crippen LogP contribution in [0.25, 0.3) is 0 Å². The van der Waals surface area contributed by atoms with Crippen LogP contribution in [0.3, 0.4) is 0 Å². The Morgan fingerprint density at radius 3 is 2.72 bits per heavy atom. The zero-order chi connectivity index (χ0) is 13.0. The Morgan fingerprint density at radius 1 is 1.28 bits per heavy atom. The highest BCUT2D eigenvalue weighted by molar-refractivity contribution is 14.1. The van der Waals surface area contributed by atoms with Gasteiger partial charge in [0.25, 0.3) is 0 Å². The molecule has 0 spiro atoms. The molecule has 3 nitrogen and oxygen atoms in total. The smallest absolute Gasteiger partial charge is 0.0643 e. The Bertz CT molecular complexity index is 427. The Labute approximate surface area is 123 Å². The number of nitrogens with one attached hydrogen (secondary N) is 2. The van der Waals surface area contributed by atoms with Gasteiger partial charge in [-0.25, -0.2) is 0 Å². The second-order valence-electron chi connectivity index (χ2n) is 4.48. The minimum Gasteiger partial charge on any atom is -0.305 e. The molecule has 0 aliphatic carbocycles. The highest BCUT2D eigenvalue weighted by Crippen LogP contribution is 2.34. The van der Waals surface area contributed by atoms with Gasteiger partial charge in [0.1, 0.15) is 0 Å². The van der Waals surface area contributed by atoms with E-state index < -0.39 is 0 Å². The molecule has 0 saturated carbocycles. The SMILES string of the molecule is CNC(CCC1=CCc2ccccc2N1I)NC. The van der Waals surface area contributed by atoms with E-state index in [-0.39, 0.29) is 0 Å². The number of para-hydroxylation sites is 1. The van der Waals surface area contributed by atoms with Gasteiger partial charge in [0, 0.05) is 5.70 Å². The summed E-state index contributed by atoms with van der Waals surface area (Å²) in [7, 11) is 3.99. The summed E-state index contributed by atoms with van der Waals surface area (Å²) in [6.07, 6.45) is 5.96. The first-order chi connectivity index (χ1) is 8.76. The fourth-order valence-corrected chi connectivity index (χ4v) is 3.17. The van der Waals surface area contributed by atoms with Crippen molar-refractivity contribution in [3.8, 4) is 0 Å². The molecule has 0 aromatic heterocycles. The average Bonchev–Trinajstić information content (AvgIpc) is 2.42. The number of hydrogen-bond acceptors (Lipinski definition) is 3. The third-order valence-corrected chi connectivity index (χ3v) is 4.54. The number of anilines is 1. The van der Waals surface area contributed by atoms with Crippen molar-refractivity contribution in [3.05, 3.63) is 41.6 Å². The Balaban J connectivity index is 2.02. The molecule has 1 aliphatic rings. The van der Waals surface area contributed by atoms with E-state index in [2.05, 4.69) is 67.0 Å². The minimum absolute atomic E-state index is 0.382. The molecule has 1 heterocycles. The third-order valence-electron chi connectivity index (χ3n) is 3.40. The first-order valence-electron chi connectivity index (χ1n) is 6.33. The van der Waals surface area contributed by atoms with E-state index in [0.29, 0.717) is 6.17 Å². The van der Waals surface area contributed by atoms with E-state index in [1.54, 1.807) is 0 Å². The maximum absolute atomic E-state index is 3.27. The largest absolute Gasteiger partial charge is 0.305 e. The van der Waals surface area contributed by atoms with E-state index in [9.17, 15) is 0 Å². The summed E-state index contributed by atoms with van der Waals surface area (Å²) in [5.41, 5.74) is 4.15. The summed E-state index contributed by atoms with van der Waals surface area (Å²) >= 11 is 2.41. The number of hydrogen-bond donors (Lipinski definition) is 2. The summed E-state index contributed by atoms with van der Waals surface area (Å²) in [6, 6.07) is 8.62. The van der Waals surface area contributed by atoms with Crippen molar-refractivity contribution >= 4 is 28.6 Å². The van der Waals surface area contributed by atoms with Crippen molar-refractivity contribution in [2.45, 2.75) is 25.4 Å². The van der Waals surface area contributed by atoms with Crippen LogP contribution in [0, 0.1) is 0 Å². The van der Waals surface area contributed by atoms with Crippen LogP contribution < -0.4 is 13.7 Å². The van der Waals surface area contributed by atoms with Gasteiger partial charge >= 0.3 is 0 Å². The topological polar surface area (TPSA) is 27.3 Å². The molecular formula is C14H20IN3. The lowest BCUT2D eigenvalue weighted by atomic mass is 10.0. The summed E-state index contributed by atoms with van der Waals surface area (Å²) in [4.78, 5) is 0. The van der Waals surface area contributed by atoms with E-state index in [1.165, 1.54) is 16.9 Å². The van der Waals surface area contributed by atoms with Gasteiger partial charge in [-0.1, -0.05) is 24.3 Å². The number of rotatable bonds is 5. The number of halogens is 1. The fraction of sp³-hybridized carbons (Fsp3) is 0.429. The van der Waals surface area contributed by atoms with Crippen molar-refractivity contribution in [1.82, 2.24) is 10.6 Å². The maximum atomic E-state index is 3.27. The molecule has 1 aromatic carbocycles. The van der Waals surface area contributed by atoms with Gasteiger partial charge in [0.2, 0.25) is 0 Å². The Morgan fingerprint density at radius 2 is 2.00 bits per heavy atom. The maximum Gasteiger partial charge on any atom is 0.0643 e. The molecule has 18 heavy (non-hydrogen) atoms. The zero-order valence-corrected chi connectivity index (χ0v) is 13.1. The number of fused-ring (bicyclic) bond motifs is 1. The average molecular weight is 357 g/mol. The van der Waals surface area contributed by atoms with Gasteiger partial charge in [-0.05, 0) is 45.0 Å². The van der Waals surface area contributed by atoms with Gasteiger partial charge in [-0.2, -0.15) is 0 Å². The number of allylic oxidation sites excluding steroid dienone is 2. The van der Waals surface area contributed by atoms with Crippen molar-refractivity contribution in [2.75, 3.05) is 17.2 Å². The second-order valence-corrected chi connectivity index (χ2v) is 5.44. The van der Waals surface area contributed by atoms with Crippen LogP contribution in [-0.4, -0.2) is 20.3 Å². The zero-order valence-electron chi connectivity index (χ0n) is 10.9. The van der Waals surface area contributed by atoms with Crippen LogP contribution in [-0.2, 0) is 6.42 Å². The molecule has 0 atom stereocenters. The highest BCUT2D eigenvalue weighted by atomic mass is 127. The van der Waals surface area contributed by atoms with Crippen LogP contribution in [0.1, 0.15) is 18.4 Å². The first kappa shape index (κ1) is 13.8. The van der Waals surface area contributed by atoms with Crippen LogP contribution in [0.2, 0.25) is 0 Å². The molecule has 4 heteroatoms. The first-order valence-corrected chi connectivity index (χ1v) is 7.30. The molecule has 1 aliphatic heterocycles. The standard InChI is InChI=1S/C14H20IN3/c1-16-14(17-2)10-9-12-8-7-11-5-3-4-6-13(11)18(12)15/h3-6,8,14,16-17H,7,9-10H2,1-2H3. The molecule has 98 valence electrons. The van der Waals surface area contributed by atoms with Crippen molar-refractivity contribution in [3.63, 3.8) is 0 Å². The van der Waals surface area contributed by atoms with Crippen LogP contribution in [0.5, 0.6) is 0 Å². The van der Waals surface area contributed by atoms with Crippen molar-refractivity contribution in [2.24, 2.45) is 0 Å². The molecule has 0 saturated heterocycles. The lowest BCUT2D eigenvalue weighted by Gasteiger charge is -2.28. The van der Waals surface area contributed by atoms with Crippen LogP contribution in [0.15, 0.2) is 36.0 Å². The van der Waals surface area contributed by atoms with Crippen molar-refractivity contribution < 1.29 is 0 Å². The molecule has 1 aromatic rings. The molecule has 2 N–H and O–H groups in total. The normalized spacial score (nSPS) is 14.7. The second kappa shape index (κ2) is 6.54. The van der Waals surface area contributed by atoms with Gasteiger partial charge in [0.05, 0.1) is 34.7 Å². The molecule has 0 radical (unpaired) electrons. The van der Waals surface area contributed by atoms with Gasteiger partial charge in [-0.3, -0.25) is 3.11 Å². The minimum atomic E-state index is 0.382. The van der Waals surface area contributed by atoms with Crippen molar-refractivity contribution in [1.29, 1.82) is 0 Å². The lowest BCUT2D eigenvalue weighted by Crippen LogP contribution is -2.37. The van der Waals surface area contributed by atoms with Gasteiger partial charge < -0.3 is 10.6 Å². The Hall–Kier alpha value is -0.590. The predicted molar refractivity (Wildman–Crippen MR) is 85.9 cm³/mol. The molecule has 0 bridgehead atoms. The number of nitrogens with zero attached hydrogens (tertiary/aromatic N) is 1. The third kappa shape index (κ3) is 3.05. The predicted octanol–water partition coefficient (Wildman–Crippen LogP) is 2.83. The molecular weight excluding hydrogens is 337 g/mol.